The number of aliphatic imine (C=N–C) groups is 1. The van der Waals surface area contributed by atoms with Gasteiger partial charge in [-0.1, -0.05) is 19.0 Å². The third-order valence-corrected chi connectivity index (χ3v) is 6.45. The van der Waals surface area contributed by atoms with Gasteiger partial charge < -0.3 is 14.7 Å². The van der Waals surface area contributed by atoms with Crippen LogP contribution in [-0.2, 0) is 6.42 Å². The van der Waals surface area contributed by atoms with Crippen molar-refractivity contribution in [1.82, 2.24) is 25.3 Å². The summed E-state index contributed by atoms with van der Waals surface area (Å²) in [7, 11) is 1.88. The molecule has 28 heavy (non-hydrogen) atoms. The topological polar surface area (TPSA) is 69.8 Å². The first-order valence-corrected chi connectivity index (χ1v) is 11.1. The third kappa shape index (κ3) is 5.69. The molecule has 0 radical (unpaired) electrons. The Morgan fingerprint density at radius 3 is 2.46 bits per heavy atom. The van der Waals surface area contributed by atoms with E-state index in [1.165, 1.54) is 25.7 Å². The zero-order chi connectivity index (χ0) is 19.9. The molecule has 0 bridgehead atoms. The van der Waals surface area contributed by atoms with E-state index in [4.69, 9.17) is 4.52 Å². The number of piperazine rings is 1. The van der Waals surface area contributed by atoms with Gasteiger partial charge in [0.25, 0.3) is 0 Å². The highest BCUT2D eigenvalue weighted by molar-refractivity contribution is 5.79. The van der Waals surface area contributed by atoms with Crippen LogP contribution in [0.5, 0.6) is 0 Å². The predicted octanol–water partition coefficient (Wildman–Crippen LogP) is 2.72. The lowest BCUT2D eigenvalue weighted by Gasteiger charge is -2.43. The number of guanidine groups is 1. The van der Waals surface area contributed by atoms with Crippen molar-refractivity contribution in [3.63, 3.8) is 0 Å². The molecule has 1 aliphatic heterocycles. The summed E-state index contributed by atoms with van der Waals surface area (Å²) in [5.41, 5.74) is 0. The normalized spacial score (nSPS) is 24.8. The maximum absolute atomic E-state index is 5.17. The molecule has 0 spiro atoms. The third-order valence-electron chi connectivity index (χ3n) is 6.45. The SMILES string of the molecule is CN=C(NCCCc1nc(C)no1)N1CCN(C2CCC(C(C)C)CC2)CC1. The summed E-state index contributed by atoms with van der Waals surface area (Å²) in [6.07, 6.45) is 7.34. The van der Waals surface area contributed by atoms with E-state index >= 15 is 0 Å². The summed E-state index contributed by atoms with van der Waals surface area (Å²) in [6, 6.07) is 0.796. The Labute approximate surface area is 170 Å². The van der Waals surface area contributed by atoms with E-state index in [0.29, 0.717) is 5.82 Å². The molecular formula is C21H38N6O. The van der Waals surface area contributed by atoms with Crippen molar-refractivity contribution in [2.75, 3.05) is 39.8 Å². The smallest absolute Gasteiger partial charge is 0.226 e. The zero-order valence-corrected chi connectivity index (χ0v) is 18.2. The highest BCUT2D eigenvalue weighted by Gasteiger charge is 2.29. The van der Waals surface area contributed by atoms with Crippen molar-refractivity contribution in [3.05, 3.63) is 11.7 Å². The van der Waals surface area contributed by atoms with E-state index in [-0.39, 0.29) is 0 Å². The summed E-state index contributed by atoms with van der Waals surface area (Å²) < 4.78 is 5.17. The fourth-order valence-electron chi connectivity index (χ4n) is 4.65. The van der Waals surface area contributed by atoms with E-state index in [0.717, 1.165) is 75.3 Å². The molecule has 158 valence electrons. The summed E-state index contributed by atoms with van der Waals surface area (Å²) in [4.78, 5) is 13.9. The van der Waals surface area contributed by atoms with Crippen molar-refractivity contribution in [2.24, 2.45) is 16.8 Å². The van der Waals surface area contributed by atoms with Gasteiger partial charge in [0.05, 0.1) is 0 Å². The summed E-state index contributed by atoms with van der Waals surface area (Å²) in [5.74, 6) is 4.22. The minimum atomic E-state index is 0.703. The second-order valence-corrected chi connectivity index (χ2v) is 8.65. The number of aryl methyl sites for hydroxylation is 2. The van der Waals surface area contributed by atoms with Crippen LogP contribution in [0.3, 0.4) is 0 Å². The van der Waals surface area contributed by atoms with E-state index in [9.17, 15) is 0 Å². The number of hydrogen-bond acceptors (Lipinski definition) is 5. The van der Waals surface area contributed by atoms with Gasteiger partial charge in [-0.15, -0.1) is 0 Å². The number of hydrogen-bond donors (Lipinski definition) is 1. The average molecular weight is 391 g/mol. The molecule has 1 saturated heterocycles. The van der Waals surface area contributed by atoms with Crippen LogP contribution in [0.4, 0.5) is 0 Å². The second kappa shape index (κ2) is 10.2. The number of aromatic nitrogens is 2. The maximum atomic E-state index is 5.17. The van der Waals surface area contributed by atoms with Crippen LogP contribution in [0.15, 0.2) is 9.52 Å². The van der Waals surface area contributed by atoms with Gasteiger partial charge in [-0.05, 0) is 50.9 Å². The standard InChI is InChI=1S/C21H38N6O/c1-16(2)18-7-9-19(10-8-18)26-12-14-27(15-13-26)21(22-4)23-11-5-6-20-24-17(3)25-28-20/h16,18-19H,5-15H2,1-4H3,(H,22,23). The molecule has 2 aliphatic rings. The molecule has 3 rings (SSSR count). The first kappa shape index (κ1) is 21.1. The highest BCUT2D eigenvalue weighted by atomic mass is 16.5. The first-order chi connectivity index (χ1) is 13.6. The van der Waals surface area contributed by atoms with Crippen molar-refractivity contribution in [2.45, 2.75) is 65.3 Å². The Bertz CT molecular complexity index is 612. The van der Waals surface area contributed by atoms with Crippen LogP contribution in [0.25, 0.3) is 0 Å². The van der Waals surface area contributed by atoms with E-state index in [2.05, 4.69) is 44.1 Å². The van der Waals surface area contributed by atoms with Crippen LogP contribution in [0, 0.1) is 18.8 Å². The summed E-state index contributed by atoms with van der Waals surface area (Å²) in [5, 5.41) is 7.33. The number of nitrogens with one attached hydrogen (secondary N) is 1. The van der Waals surface area contributed by atoms with Gasteiger partial charge in [0.1, 0.15) is 0 Å². The van der Waals surface area contributed by atoms with E-state index in [1.54, 1.807) is 0 Å². The Balaban J connectivity index is 1.36. The van der Waals surface area contributed by atoms with Crippen molar-refractivity contribution in [1.29, 1.82) is 0 Å². The molecule has 1 N–H and O–H groups in total. The monoisotopic (exact) mass is 390 g/mol. The predicted molar refractivity (Wildman–Crippen MR) is 112 cm³/mol. The molecule has 0 atom stereocenters. The summed E-state index contributed by atoms with van der Waals surface area (Å²) in [6.45, 7) is 11.9. The van der Waals surface area contributed by atoms with Gasteiger partial charge in [0, 0.05) is 52.2 Å². The lowest BCUT2D eigenvalue weighted by molar-refractivity contribution is 0.0864. The molecule has 0 amide bonds. The Kier molecular flexibility index (Phi) is 7.71. The number of nitrogens with zero attached hydrogens (tertiary/aromatic N) is 5. The summed E-state index contributed by atoms with van der Waals surface area (Å²) >= 11 is 0. The molecule has 7 nitrogen and oxygen atoms in total. The van der Waals surface area contributed by atoms with Crippen molar-refractivity contribution in [3.8, 4) is 0 Å². The Hall–Kier alpha value is -1.63. The highest BCUT2D eigenvalue weighted by Crippen LogP contribution is 2.32. The molecule has 1 aromatic rings. The second-order valence-electron chi connectivity index (χ2n) is 8.65. The van der Waals surface area contributed by atoms with Crippen molar-refractivity contribution >= 4 is 5.96 Å². The van der Waals surface area contributed by atoms with E-state index in [1.807, 2.05) is 14.0 Å². The lowest BCUT2D eigenvalue weighted by Crippen LogP contribution is -2.55. The van der Waals surface area contributed by atoms with Gasteiger partial charge in [0.2, 0.25) is 5.89 Å². The van der Waals surface area contributed by atoms with Gasteiger partial charge >= 0.3 is 0 Å². The molecule has 2 fully saturated rings. The number of rotatable bonds is 6. The minimum absolute atomic E-state index is 0.703. The first-order valence-electron chi connectivity index (χ1n) is 11.1. The quantitative estimate of drug-likeness (QED) is 0.458. The van der Waals surface area contributed by atoms with Crippen LogP contribution < -0.4 is 5.32 Å². The lowest BCUT2D eigenvalue weighted by atomic mass is 9.79. The molecule has 0 unspecified atom stereocenters. The molecule has 1 saturated carbocycles. The van der Waals surface area contributed by atoms with Gasteiger partial charge in [-0.2, -0.15) is 4.98 Å². The Morgan fingerprint density at radius 1 is 1.18 bits per heavy atom. The Morgan fingerprint density at radius 2 is 1.89 bits per heavy atom. The van der Waals surface area contributed by atoms with Gasteiger partial charge in [-0.25, -0.2) is 0 Å². The van der Waals surface area contributed by atoms with Crippen LogP contribution in [0.1, 0.15) is 57.7 Å². The molecule has 0 aromatic carbocycles. The molecule has 7 heteroatoms. The zero-order valence-electron chi connectivity index (χ0n) is 18.2. The fourth-order valence-corrected chi connectivity index (χ4v) is 4.65. The largest absolute Gasteiger partial charge is 0.356 e. The van der Waals surface area contributed by atoms with Gasteiger partial charge in [-0.3, -0.25) is 9.89 Å². The average Bonchev–Trinajstić information content (AvgIpc) is 3.13. The van der Waals surface area contributed by atoms with Crippen LogP contribution in [0.2, 0.25) is 0 Å². The molecule has 2 heterocycles. The van der Waals surface area contributed by atoms with E-state index < -0.39 is 0 Å². The molecule has 1 aromatic heterocycles. The van der Waals surface area contributed by atoms with Crippen LogP contribution in [-0.4, -0.2) is 71.7 Å². The van der Waals surface area contributed by atoms with Crippen LogP contribution >= 0.6 is 0 Å². The maximum Gasteiger partial charge on any atom is 0.226 e. The van der Waals surface area contributed by atoms with Gasteiger partial charge in [0.15, 0.2) is 11.8 Å². The molecular weight excluding hydrogens is 352 g/mol. The van der Waals surface area contributed by atoms with Crippen molar-refractivity contribution < 1.29 is 4.52 Å². The molecule has 1 aliphatic carbocycles. The fraction of sp³-hybridized carbons (Fsp3) is 0.857. The minimum Gasteiger partial charge on any atom is -0.356 e.